The maximum Gasteiger partial charge on any atom is 0.397 e. The van der Waals surface area contributed by atoms with E-state index in [0.29, 0.717) is 6.29 Å². The van der Waals surface area contributed by atoms with Gasteiger partial charge < -0.3 is 97.7 Å². The summed E-state index contributed by atoms with van der Waals surface area (Å²) < 4.78 is 144. The van der Waals surface area contributed by atoms with Crippen LogP contribution in [0.25, 0.3) is 0 Å². The Morgan fingerprint density at radius 3 is 1.48 bits per heavy atom. The second-order valence-corrected chi connectivity index (χ2v) is 17.3. The third kappa shape index (κ3) is 10.9. The van der Waals surface area contributed by atoms with Crippen LogP contribution in [0.1, 0.15) is 0 Å². The van der Waals surface area contributed by atoms with Crippen molar-refractivity contribution in [1.82, 2.24) is 0 Å². The number of aldehydes is 1. The van der Waals surface area contributed by atoms with Gasteiger partial charge in [-0.3, -0.25) is 13.9 Å². The third-order valence-electron chi connectivity index (χ3n) is 11.1. The zero-order chi connectivity index (χ0) is 46.2. The normalized spacial score (nSPS) is 47.2. The zero-order valence-corrected chi connectivity index (χ0v) is 34.4. The van der Waals surface area contributed by atoms with E-state index in [9.17, 15) is 71.6 Å². The molecule has 23 atom stereocenters. The van der Waals surface area contributed by atoms with Gasteiger partial charge >= 0.3 is 20.8 Å². The van der Waals surface area contributed by atoms with Crippen LogP contribution in [0.2, 0.25) is 0 Å². The Kier molecular flexibility index (Phi) is 16.1. The highest BCUT2D eigenvalue weighted by Crippen LogP contribution is 2.40. The molecule has 0 saturated carbocycles. The quantitative estimate of drug-likeness (QED) is 0.0200. The van der Waals surface area contributed by atoms with Crippen LogP contribution in [0.3, 0.4) is 0 Å². The summed E-state index contributed by atoms with van der Waals surface area (Å²) in [5, 5.41) is 85.5. The van der Waals surface area contributed by atoms with E-state index in [2.05, 4.69) is 0 Å². The predicted octanol–water partition coefficient (Wildman–Crippen LogP) is -7.61. The van der Waals surface area contributed by atoms with E-state index in [1.165, 1.54) is 6.08 Å². The summed E-state index contributed by atoms with van der Waals surface area (Å²) in [6, 6.07) is 0. The fourth-order valence-corrected chi connectivity index (χ4v) is 9.26. The Balaban J connectivity index is 1.07. The average molecular weight is 973 g/mol. The molecule has 0 aromatic carbocycles. The molecule has 6 fully saturated rings. The first-order valence-electron chi connectivity index (χ1n) is 19.4. The number of rotatable bonds is 18. The lowest BCUT2D eigenvalue weighted by molar-refractivity contribution is -0.373. The van der Waals surface area contributed by atoms with Crippen LogP contribution in [-0.2, 0) is 90.8 Å². The first kappa shape index (κ1) is 49.8. The van der Waals surface area contributed by atoms with Gasteiger partial charge in [0, 0.05) is 6.08 Å². The van der Waals surface area contributed by atoms with Crippen LogP contribution in [0.15, 0.2) is 24.5 Å². The number of allylic oxidation sites excluding steroid dienone is 1. The van der Waals surface area contributed by atoms with E-state index in [4.69, 9.17) is 65.2 Å². The molecule has 0 amide bonds. The van der Waals surface area contributed by atoms with E-state index in [0.717, 1.165) is 18.4 Å². The van der Waals surface area contributed by atoms with Gasteiger partial charge in [0.1, 0.15) is 110 Å². The summed E-state index contributed by atoms with van der Waals surface area (Å²) in [5.41, 5.74) is 0. The first-order valence-corrected chi connectivity index (χ1v) is 22.2. The number of carbonyl (C=O) groups is 1. The minimum Gasteiger partial charge on any atom is -0.492 e. The molecule has 4 bridgehead atoms. The van der Waals surface area contributed by atoms with Crippen molar-refractivity contribution in [2.24, 2.45) is 0 Å². The molecule has 29 nitrogen and oxygen atoms in total. The summed E-state index contributed by atoms with van der Waals surface area (Å²) >= 11 is 0. The fraction of sp³-hybridized carbons (Fsp3) is 0.848. The second kappa shape index (κ2) is 20.7. The van der Waals surface area contributed by atoms with Crippen molar-refractivity contribution >= 4 is 27.1 Å². The van der Waals surface area contributed by atoms with E-state index in [-0.39, 0.29) is 13.2 Å². The molecule has 0 aromatic rings. The number of fused-ring (bicyclic) bond motifs is 4. The Hall–Kier alpha value is -2.07. The Bertz CT molecular complexity index is 1860. The highest BCUT2D eigenvalue weighted by molar-refractivity contribution is 7.81. The highest BCUT2D eigenvalue weighted by atomic mass is 32.3. The molecule has 7 aliphatic rings. The lowest BCUT2D eigenvalue weighted by atomic mass is 9.96. The second-order valence-electron chi connectivity index (χ2n) is 15.2. The largest absolute Gasteiger partial charge is 0.492 e. The zero-order valence-electron chi connectivity index (χ0n) is 32.7. The van der Waals surface area contributed by atoms with Crippen LogP contribution in [0.5, 0.6) is 0 Å². The third-order valence-corrected chi connectivity index (χ3v) is 12.0. The van der Waals surface area contributed by atoms with E-state index >= 15 is 0 Å². The molecule has 0 spiro atoms. The van der Waals surface area contributed by atoms with E-state index in [1.807, 2.05) is 0 Å². The number of aliphatic hydroxyl groups excluding tert-OH is 8. The number of ether oxygens (including phenoxy) is 12. The van der Waals surface area contributed by atoms with Crippen molar-refractivity contribution in [3.63, 3.8) is 0 Å². The predicted molar refractivity (Wildman–Crippen MR) is 192 cm³/mol. The maximum atomic E-state index is 11.9. The molecule has 64 heavy (non-hydrogen) atoms. The molecule has 7 aliphatic heterocycles. The lowest BCUT2D eigenvalue weighted by Crippen LogP contribution is -2.66. The minimum atomic E-state index is -5.36. The molecule has 7 rings (SSSR count). The topological polar surface area (TPSA) is 417 Å². The summed E-state index contributed by atoms with van der Waals surface area (Å²) in [6.07, 6.45) is -32.8. The molecule has 6 saturated heterocycles. The minimum absolute atomic E-state index is 0.132. The maximum absolute atomic E-state index is 11.9. The molecular formula is C33H48O29S2. The van der Waals surface area contributed by atoms with E-state index < -0.39 is 182 Å². The molecule has 366 valence electrons. The summed E-state index contributed by atoms with van der Waals surface area (Å²) in [4.78, 5) is 10.7. The van der Waals surface area contributed by atoms with Crippen molar-refractivity contribution in [3.8, 4) is 0 Å². The van der Waals surface area contributed by atoms with Crippen molar-refractivity contribution in [2.45, 2.75) is 141 Å². The monoisotopic (exact) mass is 972 g/mol. The molecule has 0 aliphatic carbocycles. The summed E-state index contributed by atoms with van der Waals surface area (Å²) in [6.45, 7) is -3.27. The van der Waals surface area contributed by atoms with Gasteiger partial charge in [0.2, 0.25) is 0 Å². The van der Waals surface area contributed by atoms with Crippen molar-refractivity contribution in [3.05, 3.63) is 24.5 Å². The first-order chi connectivity index (χ1) is 30.3. The molecule has 0 aromatic heterocycles. The van der Waals surface area contributed by atoms with Crippen molar-refractivity contribution < 1.29 is 137 Å². The molecule has 31 heteroatoms. The van der Waals surface area contributed by atoms with Gasteiger partial charge in [0.15, 0.2) is 37.6 Å². The lowest BCUT2D eigenvalue weighted by Gasteiger charge is -2.48. The Labute approximate surface area is 362 Å². The van der Waals surface area contributed by atoms with Crippen LogP contribution in [0.4, 0.5) is 0 Å². The van der Waals surface area contributed by atoms with Gasteiger partial charge in [-0.05, 0) is 6.08 Å². The molecule has 0 unspecified atom stereocenters. The number of hydrogen-bond acceptors (Lipinski definition) is 27. The highest BCUT2D eigenvalue weighted by Gasteiger charge is 2.60. The number of hydrogen-bond donors (Lipinski definition) is 10. The summed E-state index contributed by atoms with van der Waals surface area (Å²) in [5.74, 6) is 0. The van der Waals surface area contributed by atoms with Crippen LogP contribution in [-0.4, -0.2) is 247 Å². The van der Waals surface area contributed by atoms with Crippen LogP contribution in [0, 0.1) is 0 Å². The molecular weight excluding hydrogens is 924 g/mol. The van der Waals surface area contributed by atoms with Gasteiger partial charge in [-0.25, -0.2) is 8.37 Å². The van der Waals surface area contributed by atoms with Gasteiger partial charge in [0.05, 0.1) is 39.3 Å². The van der Waals surface area contributed by atoms with Gasteiger partial charge in [-0.15, -0.1) is 0 Å². The van der Waals surface area contributed by atoms with E-state index in [1.54, 1.807) is 0 Å². The van der Waals surface area contributed by atoms with Gasteiger partial charge in [0.25, 0.3) is 0 Å². The van der Waals surface area contributed by atoms with Crippen molar-refractivity contribution in [1.29, 1.82) is 0 Å². The van der Waals surface area contributed by atoms with Crippen LogP contribution >= 0.6 is 0 Å². The number of carbonyl (C=O) groups excluding carboxylic acids is 1. The standard InChI is InChI=1S/C33H48O29S2/c34-4-1-5-49-22-15-9-50-26(22)18(39)31(56-15)60-29-21(42)33(55-14(8-37)25(29)62-64(46,47)48)58-23-16-10-51-27(23)19(40)32(57-16)59-28-20(41)30(53-11-2-3-17(38)52-12(11)6-35)54-13(7-36)24(28)61-63(43,44)45/h1-5,11-33,35-42H,6-10H2,(H,43,44,45)(H,46,47,48)/b5-1+/t11-,12-,13-,14-,15-,16-,17+,18-,19-,20-,21-,22+,23+,24+,25+,26-,27-,28-,29-,30-,31-,32-,33+/m1/s1. The molecule has 10 N–H and O–H groups in total. The fourth-order valence-electron chi connectivity index (χ4n) is 8.23. The Morgan fingerprint density at radius 2 is 1.00 bits per heavy atom. The number of aliphatic hydroxyl groups is 8. The molecule has 0 radical (unpaired) electrons. The Morgan fingerprint density at radius 1 is 0.547 bits per heavy atom. The van der Waals surface area contributed by atoms with Gasteiger partial charge in [-0.1, -0.05) is 6.08 Å². The van der Waals surface area contributed by atoms with Crippen LogP contribution < -0.4 is 0 Å². The smallest absolute Gasteiger partial charge is 0.397 e. The average Bonchev–Trinajstić information content (AvgIpc) is 3.72. The SMILES string of the molecule is O=C/C=C/O[C@@H]1[C@@H]2OC[C@H]1O[C@H](O[C@@H]1[C@@H](O)[C@H](O[C@@H]3[C@@H]4OC[C@H]3O[C@H](O[C@@H]3[C@@H](O)[C@H](O[C@@H]5C=C[C@@H](O)O[C@@H]5CO)O[C@H](CO)[C@@H]3OS(=O)(=O)O)[C@@H]4O)O[C@H](CO)[C@@H]1OS(=O)(=O)O)[C@@H]2O. The van der Waals surface area contributed by atoms with Crippen molar-refractivity contribution in [2.75, 3.05) is 33.0 Å². The molecule has 7 heterocycles. The summed E-state index contributed by atoms with van der Waals surface area (Å²) in [7, 11) is -10.7. The van der Waals surface area contributed by atoms with Gasteiger partial charge in [-0.2, -0.15) is 16.8 Å².